The van der Waals surface area contributed by atoms with E-state index in [0.29, 0.717) is 5.56 Å². The molecule has 0 aliphatic rings. The lowest BCUT2D eigenvalue weighted by molar-refractivity contribution is -0.255. The molecule has 110 valence electrons. The first-order chi connectivity index (χ1) is 10.7. The summed E-state index contributed by atoms with van der Waals surface area (Å²) in [5.74, 6) is -1.23. The van der Waals surface area contributed by atoms with Gasteiger partial charge in [-0.3, -0.25) is 0 Å². The molecule has 0 aliphatic heterocycles. The van der Waals surface area contributed by atoms with Crippen LogP contribution in [0.15, 0.2) is 58.7 Å². The maximum absolute atomic E-state index is 11.0. The van der Waals surface area contributed by atoms with Crippen molar-refractivity contribution in [1.82, 2.24) is 4.57 Å². The van der Waals surface area contributed by atoms with Crippen molar-refractivity contribution in [3.05, 3.63) is 64.5 Å². The predicted octanol–water partition coefficient (Wildman–Crippen LogP) is 1.54. The number of carboxylic acid groups (broad SMARTS) is 1. The predicted molar refractivity (Wildman–Crippen MR) is 84.7 cm³/mol. The number of aromatic nitrogens is 1. The van der Waals surface area contributed by atoms with Crippen molar-refractivity contribution in [1.29, 1.82) is 0 Å². The lowest BCUT2D eigenvalue weighted by Gasteiger charge is -2.04. The summed E-state index contributed by atoms with van der Waals surface area (Å²) in [5.41, 5.74) is 1.65. The Morgan fingerprint density at radius 3 is 2.68 bits per heavy atom. The highest BCUT2D eigenvalue weighted by Crippen LogP contribution is 2.15. The van der Waals surface area contributed by atoms with Crippen LogP contribution in [-0.2, 0) is 7.05 Å². The van der Waals surface area contributed by atoms with Crippen LogP contribution in [0.2, 0.25) is 0 Å². The fourth-order valence-electron chi connectivity index (χ4n) is 2.11. The minimum Gasteiger partial charge on any atom is -0.545 e. The minimum atomic E-state index is -1.23. The largest absolute Gasteiger partial charge is 0.545 e. The third-order valence-corrected chi connectivity index (χ3v) is 4.34. The van der Waals surface area contributed by atoms with Crippen LogP contribution in [0.5, 0.6) is 0 Å². The quantitative estimate of drug-likeness (QED) is 0.544. The van der Waals surface area contributed by atoms with Gasteiger partial charge in [-0.05, 0) is 12.1 Å². The van der Waals surface area contributed by atoms with Gasteiger partial charge in [-0.15, -0.1) is 5.10 Å². The molecule has 0 amide bonds. The van der Waals surface area contributed by atoms with E-state index in [1.54, 1.807) is 18.2 Å². The summed E-state index contributed by atoms with van der Waals surface area (Å²) < 4.78 is 3.07. The van der Waals surface area contributed by atoms with Crippen LogP contribution in [0.3, 0.4) is 0 Å². The normalized spacial score (nSPS) is 12.3. The summed E-state index contributed by atoms with van der Waals surface area (Å²) in [6.45, 7) is 0. The molecule has 3 aromatic rings. The summed E-state index contributed by atoms with van der Waals surface area (Å²) in [6, 6.07) is 14.5. The standard InChI is InChI=1S/C16H13N3O2S/c1-19-13-8-4-5-9-14(13)22-16(19)18-17-10-11-6-2-3-7-12(11)15(20)21/h2-10H,1H3,(H,20,21)/p-1/b17-10-,18-16+. The van der Waals surface area contributed by atoms with Crippen LogP contribution in [0.4, 0.5) is 0 Å². The Morgan fingerprint density at radius 2 is 1.91 bits per heavy atom. The van der Waals surface area contributed by atoms with Gasteiger partial charge in [0.25, 0.3) is 0 Å². The molecule has 0 unspecified atom stereocenters. The van der Waals surface area contributed by atoms with Crippen LogP contribution in [0.1, 0.15) is 15.9 Å². The third kappa shape index (κ3) is 2.68. The van der Waals surface area contributed by atoms with Crippen molar-refractivity contribution in [2.75, 3.05) is 0 Å². The van der Waals surface area contributed by atoms with Gasteiger partial charge in [-0.2, -0.15) is 5.10 Å². The Labute approximate surface area is 130 Å². The van der Waals surface area contributed by atoms with E-state index < -0.39 is 5.97 Å². The first-order valence-corrected chi connectivity index (χ1v) is 7.40. The van der Waals surface area contributed by atoms with Gasteiger partial charge in [-0.25, -0.2) is 0 Å². The monoisotopic (exact) mass is 310 g/mol. The maximum Gasteiger partial charge on any atom is 0.211 e. The number of rotatable bonds is 3. The Balaban J connectivity index is 1.99. The van der Waals surface area contributed by atoms with E-state index in [9.17, 15) is 9.90 Å². The second-order valence-corrected chi connectivity index (χ2v) is 5.64. The van der Waals surface area contributed by atoms with E-state index in [0.717, 1.165) is 15.0 Å². The summed E-state index contributed by atoms with van der Waals surface area (Å²) in [6.07, 6.45) is 1.43. The molecule has 1 heterocycles. The summed E-state index contributed by atoms with van der Waals surface area (Å²) >= 11 is 1.52. The second-order valence-electron chi connectivity index (χ2n) is 4.63. The van der Waals surface area contributed by atoms with E-state index in [-0.39, 0.29) is 5.56 Å². The SMILES string of the molecule is Cn1/c(=N\N=C/c2ccccc2C(=O)[O-])sc2ccccc21. The molecule has 0 atom stereocenters. The number of para-hydroxylation sites is 1. The fourth-order valence-corrected chi connectivity index (χ4v) is 3.09. The number of aryl methyl sites for hydroxylation is 1. The molecule has 2 aromatic carbocycles. The third-order valence-electron chi connectivity index (χ3n) is 3.24. The van der Waals surface area contributed by atoms with Gasteiger partial charge >= 0.3 is 0 Å². The number of carboxylic acids is 1. The first kappa shape index (κ1) is 14.2. The molecule has 3 rings (SSSR count). The number of hydrogen-bond acceptors (Lipinski definition) is 5. The van der Waals surface area contributed by atoms with Gasteiger partial charge in [0.1, 0.15) is 0 Å². The Morgan fingerprint density at radius 1 is 1.18 bits per heavy atom. The summed E-state index contributed by atoms with van der Waals surface area (Å²) in [7, 11) is 1.92. The molecule has 0 spiro atoms. The highest BCUT2D eigenvalue weighted by atomic mass is 32.1. The zero-order valence-corrected chi connectivity index (χ0v) is 12.6. The molecule has 22 heavy (non-hydrogen) atoms. The van der Waals surface area contributed by atoms with E-state index in [1.807, 2.05) is 35.9 Å². The van der Waals surface area contributed by atoms with Crippen molar-refractivity contribution in [2.24, 2.45) is 17.3 Å². The molecule has 0 aliphatic carbocycles. The summed E-state index contributed by atoms with van der Waals surface area (Å²) in [4.78, 5) is 11.8. The number of carbonyl (C=O) groups is 1. The molecular formula is C16H12N3O2S-. The maximum atomic E-state index is 11.0. The van der Waals surface area contributed by atoms with Gasteiger partial charge in [0, 0.05) is 18.2 Å². The molecule has 0 N–H and O–H groups in total. The number of hydrogen-bond donors (Lipinski definition) is 0. The summed E-state index contributed by atoms with van der Waals surface area (Å²) in [5, 5.41) is 19.2. The molecule has 5 nitrogen and oxygen atoms in total. The molecular weight excluding hydrogens is 298 g/mol. The molecule has 0 radical (unpaired) electrons. The number of nitrogens with zero attached hydrogens (tertiary/aromatic N) is 3. The molecule has 0 saturated heterocycles. The number of benzene rings is 2. The smallest absolute Gasteiger partial charge is 0.211 e. The van der Waals surface area contributed by atoms with E-state index in [1.165, 1.54) is 23.6 Å². The van der Waals surface area contributed by atoms with E-state index >= 15 is 0 Å². The van der Waals surface area contributed by atoms with E-state index in [4.69, 9.17) is 0 Å². The highest BCUT2D eigenvalue weighted by Gasteiger charge is 2.01. The Hall–Kier alpha value is -2.73. The van der Waals surface area contributed by atoms with Crippen LogP contribution in [0, 0.1) is 0 Å². The van der Waals surface area contributed by atoms with Crippen LogP contribution in [0.25, 0.3) is 10.2 Å². The number of carbonyl (C=O) groups excluding carboxylic acids is 1. The van der Waals surface area contributed by atoms with Crippen molar-refractivity contribution in [3.8, 4) is 0 Å². The minimum absolute atomic E-state index is 0.0992. The zero-order valence-electron chi connectivity index (χ0n) is 11.8. The first-order valence-electron chi connectivity index (χ1n) is 6.59. The fraction of sp³-hybridized carbons (Fsp3) is 0.0625. The molecule has 0 bridgehead atoms. The van der Waals surface area contributed by atoms with E-state index in [2.05, 4.69) is 10.2 Å². The van der Waals surface area contributed by atoms with Crippen LogP contribution in [-0.4, -0.2) is 16.8 Å². The van der Waals surface area contributed by atoms with Crippen molar-refractivity contribution in [2.45, 2.75) is 0 Å². The number of fused-ring (bicyclic) bond motifs is 1. The molecule has 1 aromatic heterocycles. The van der Waals surface area contributed by atoms with Gasteiger partial charge in [-0.1, -0.05) is 47.7 Å². The van der Waals surface area contributed by atoms with Crippen LogP contribution < -0.4 is 9.91 Å². The zero-order chi connectivity index (χ0) is 15.5. The Kier molecular flexibility index (Phi) is 3.84. The highest BCUT2D eigenvalue weighted by molar-refractivity contribution is 7.16. The topological polar surface area (TPSA) is 69.8 Å². The van der Waals surface area contributed by atoms with Crippen molar-refractivity contribution >= 4 is 33.7 Å². The Bertz CT molecular complexity index is 938. The lowest BCUT2D eigenvalue weighted by Crippen LogP contribution is -2.23. The second kappa shape index (κ2) is 5.95. The van der Waals surface area contributed by atoms with Gasteiger partial charge in [0.15, 0.2) is 0 Å². The lowest BCUT2D eigenvalue weighted by atomic mass is 10.1. The number of thiazole rings is 1. The average molecular weight is 310 g/mol. The van der Waals surface area contributed by atoms with Gasteiger partial charge in [0.2, 0.25) is 4.80 Å². The van der Waals surface area contributed by atoms with Gasteiger partial charge < -0.3 is 14.5 Å². The molecule has 6 heteroatoms. The average Bonchev–Trinajstić information content (AvgIpc) is 2.85. The van der Waals surface area contributed by atoms with Gasteiger partial charge in [0.05, 0.1) is 22.4 Å². The van der Waals surface area contributed by atoms with Crippen molar-refractivity contribution < 1.29 is 9.90 Å². The van der Waals surface area contributed by atoms with Crippen LogP contribution >= 0.6 is 11.3 Å². The number of aromatic carboxylic acids is 1. The molecule has 0 fully saturated rings. The van der Waals surface area contributed by atoms with Crippen molar-refractivity contribution in [3.63, 3.8) is 0 Å². The molecule has 0 saturated carbocycles.